The highest BCUT2D eigenvalue weighted by Crippen LogP contribution is 2.41. The van der Waals surface area contributed by atoms with Crippen molar-refractivity contribution in [3.8, 4) is 0 Å². The van der Waals surface area contributed by atoms with Crippen LogP contribution in [-0.4, -0.2) is 16.7 Å². The molecule has 2 aliphatic carbocycles. The molecule has 4 heteroatoms. The molecular formula is C12H19N3O. The normalized spacial score (nSPS) is 24.6. The lowest BCUT2D eigenvalue weighted by atomic mass is 9.74. The number of hydrogen-bond acceptors (Lipinski definition) is 4. The molecule has 2 N–H and O–H groups in total. The van der Waals surface area contributed by atoms with Crippen molar-refractivity contribution in [3.05, 3.63) is 11.7 Å². The smallest absolute Gasteiger partial charge is 0.234 e. The molecule has 0 aromatic carbocycles. The van der Waals surface area contributed by atoms with Gasteiger partial charge in [-0.3, -0.25) is 0 Å². The zero-order valence-electron chi connectivity index (χ0n) is 9.61. The highest BCUT2D eigenvalue weighted by atomic mass is 16.5. The maximum absolute atomic E-state index is 5.94. The van der Waals surface area contributed by atoms with Crippen molar-refractivity contribution in [2.75, 3.05) is 6.54 Å². The summed E-state index contributed by atoms with van der Waals surface area (Å²) >= 11 is 0. The van der Waals surface area contributed by atoms with Crippen molar-refractivity contribution in [3.63, 3.8) is 0 Å². The summed E-state index contributed by atoms with van der Waals surface area (Å²) in [5.74, 6) is 2.28. The summed E-state index contributed by atoms with van der Waals surface area (Å²) in [7, 11) is 0. The van der Waals surface area contributed by atoms with Gasteiger partial charge in [0.1, 0.15) is 0 Å². The summed E-state index contributed by atoms with van der Waals surface area (Å²) in [5.41, 5.74) is 5.93. The first-order chi connectivity index (χ1) is 7.84. The Kier molecular flexibility index (Phi) is 2.46. The van der Waals surface area contributed by atoms with Gasteiger partial charge in [-0.2, -0.15) is 4.98 Å². The summed E-state index contributed by atoms with van der Waals surface area (Å²) < 4.78 is 5.46. The van der Waals surface area contributed by atoms with Gasteiger partial charge in [-0.1, -0.05) is 24.4 Å². The van der Waals surface area contributed by atoms with Crippen LogP contribution < -0.4 is 5.73 Å². The average molecular weight is 221 g/mol. The lowest BCUT2D eigenvalue weighted by Gasteiger charge is -2.32. The van der Waals surface area contributed by atoms with Crippen molar-refractivity contribution in [2.45, 2.75) is 56.3 Å². The van der Waals surface area contributed by atoms with Crippen molar-refractivity contribution >= 4 is 0 Å². The van der Waals surface area contributed by atoms with E-state index in [1.165, 1.54) is 32.1 Å². The second kappa shape index (κ2) is 3.84. The fourth-order valence-corrected chi connectivity index (χ4v) is 2.69. The van der Waals surface area contributed by atoms with Gasteiger partial charge in [-0.15, -0.1) is 0 Å². The van der Waals surface area contributed by atoms with E-state index in [0.717, 1.165) is 24.6 Å². The van der Waals surface area contributed by atoms with Crippen LogP contribution in [0.1, 0.15) is 62.6 Å². The van der Waals surface area contributed by atoms with Crippen LogP contribution in [-0.2, 0) is 5.41 Å². The van der Waals surface area contributed by atoms with Crippen LogP contribution in [0, 0.1) is 0 Å². The Hall–Kier alpha value is -0.900. The molecule has 2 aliphatic rings. The average Bonchev–Trinajstić information content (AvgIpc) is 3.08. The first-order valence-corrected chi connectivity index (χ1v) is 6.38. The van der Waals surface area contributed by atoms with E-state index in [1.807, 2.05) is 0 Å². The van der Waals surface area contributed by atoms with E-state index in [4.69, 9.17) is 10.3 Å². The standard InChI is InChI=1S/C12H19N3O/c13-8-12(6-2-1-3-7-12)11-14-10(15-16-11)9-4-5-9/h9H,1-8,13H2. The van der Waals surface area contributed by atoms with Gasteiger partial charge >= 0.3 is 0 Å². The first-order valence-electron chi connectivity index (χ1n) is 6.38. The molecule has 0 radical (unpaired) electrons. The summed E-state index contributed by atoms with van der Waals surface area (Å²) in [6.07, 6.45) is 8.43. The second-order valence-electron chi connectivity index (χ2n) is 5.28. The molecule has 0 spiro atoms. The fourth-order valence-electron chi connectivity index (χ4n) is 2.69. The van der Waals surface area contributed by atoms with Crippen LogP contribution >= 0.6 is 0 Å². The molecule has 2 saturated carbocycles. The lowest BCUT2D eigenvalue weighted by molar-refractivity contribution is 0.219. The summed E-state index contributed by atoms with van der Waals surface area (Å²) in [4.78, 5) is 4.58. The van der Waals surface area contributed by atoms with Gasteiger partial charge in [0.2, 0.25) is 5.89 Å². The molecule has 0 aliphatic heterocycles. The minimum atomic E-state index is -0.0155. The zero-order chi connectivity index (χ0) is 11.0. The van der Waals surface area contributed by atoms with Crippen LogP contribution in [0.4, 0.5) is 0 Å². The van der Waals surface area contributed by atoms with Crippen LogP contribution in [0.2, 0.25) is 0 Å². The van der Waals surface area contributed by atoms with Crippen molar-refractivity contribution < 1.29 is 4.52 Å². The van der Waals surface area contributed by atoms with E-state index in [0.29, 0.717) is 12.5 Å². The minimum absolute atomic E-state index is 0.0155. The van der Waals surface area contributed by atoms with Gasteiger partial charge in [-0.25, -0.2) is 0 Å². The third-order valence-corrected chi connectivity index (χ3v) is 4.04. The van der Waals surface area contributed by atoms with Crippen LogP contribution in [0.5, 0.6) is 0 Å². The molecule has 0 unspecified atom stereocenters. The Morgan fingerprint density at radius 3 is 2.62 bits per heavy atom. The molecular weight excluding hydrogens is 202 g/mol. The predicted molar refractivity (Wildman–Crippen MR) is 60.1 cm³/mol. The number of nitrogens with zero attached hydrogens (tertiary/aromatic N) is 2. The Bertz CT molecular complexity index is 364. The van der Waals surface area contributed by atoms with Gasteiger partial charge in [0.25, 0.3) is 0 Å². The van der Waals surface area contributed by atoms with Crippen molar-refractivity contribution in [1.82, 2.24) is 10.1 Å². The lowest BCUT2D eigenvalue weighted by Crippen LogP contribution is -2.37. The SMILES string of the molecule is NCC1(c2nc(C3CC3)no2)CCCCC1. The Morgan fingerprint density at radius 2 is 2.00 bits per heavy atom. The highest BCUT2D eigenvalue weighted by molar-refractivity contribution is 5.11. The molecule has 1 aromatic rings. The van der Waals surface area contributed by atoms with Crippen LogP contribution in [0.25, 0.3) is 0 Å². The molecule has 88 valence electrons. The van der Waals surface area contributed by atoms with Crippen LogP contribution in [0.3, 0.4) is 0 Å². The van der Waals surface area contributed by atoms with E-state index < -0.39 is 0 Å². The number of aromatic nitrogens is 2. The first kappa shape index (κ1) is 10.3. The van der Waals surface area contributed by atoms with E-state index in [9.17, 15) is 0 Å². The number of nitrogens with two attached hydrogens (primary N) is 1. The molecule has 2 fully saturated rings. The maximum atomic E-state index is 5.94. The molecule has 4 nitrogen and oxygen atoms in total. The fraction of sp³-hybridized carbons (Fsp3) is 0.833. The molecule has 3 rings (SSSR count). The van der Waals surface area contributed by atoms with Crippen LogP contribution in [0.15, 0.2) is 4.52 Å². The Balaban J connectivity index is 1.86. The van der Waals surface area contributed by atoms with Gasteiger partial charge in [0.05, 0.1) is 5.41 Å². The zero-order valence-corrected chi connectivity index (χ0v) is 9.61. The Morgan fingerprint density at radius 1 is 1.25 bits per heavy atom. The largest absolute Gasteiger partial charge is 0.339 e. The van der Waals surface area contributed by atoms with Crippen molar-refractivity contribution in [1.29, 1.82) is 0 Å². The van der Waals surface area contributed by atoms with E-state index in [2.05, 4.69) is 10.1 Å². The molecule has 1 heterocycles. The maximum Gasteiger partial charge on any atom is 0.234 e. The predicted octanol–water partition coefficient (Wildman–Crippen LogP) is 2.11. The van der Waals surface area contributed by atoms with E-state index in [1.54, 1.807) is 0 Å². The molecule has 0 bridgehead atoms. The van der Waals surface area contributed by atoms with E-state index >= 15 is 0 Å². The van der Waals surface area contributed by atoms with Gasteiger partial charge in [0.15, 0.2) is 5.82 Å². The number of hydrogen-bond donors (Lipinski definition) is 1. The summed E-state index contributed by atoms with van der Waals surface area (Å²) in [5, 5.41) is 4.10. The van der Waals surface area contributed by atoms with Gasteiger partial charge in [0, 0.05) is 12.5 Å². The highest BCUT2D eigenvalue weighted by Gasteiger charge is 2.39. The molecule has 1 aromatic heterocycles. The molecule has 16 heavy (non-hydrogen) atoms. The van der Waals surface area contributed by atoms with Crippen molar-refractivity contribution in [2.24, 2.45) is 5.73 Å². The molecule has 0 atom stereocenters. The monoisotopic (exact) mass is 221 g/mol. The van der Waals surface area contributed by atoms with Gasteiger partial charge < -0.3 is 10.3 Å². The summed E-state index contributed by atoms with van der Waals surface area (Å²) in [6.45, 7) is 0.638. The number of rotatable bonds is 3. The molecule has 0 amide bonds. The molecule has 0 saturated heterocycles. The van der Waals surface area contributed by atoms with Gasteiger partial charge in [-0.05, 0) is 25.7 Å². The quantitative estimate of drug-likeness (QED) is 0.849. The Labute approximate surface area is 95.6 Å². The van der Waals surface area contributed by atoms with E-state index in [-0.39, 0.29) is 5.41 Å². The third kappa shape index (κ3) is 1.65. The summed E-state index contributed by atoms with van der Waals surface area (Å²) in [6, 6.07) is 0. The topological polar surface area (TPSA) is 64.9 Å². The minimum Gasteiger partial charge on any atom is -0.339 e. The third-order valence-electron chi connectivity index (χ3n) is 4.04. The second-order valence-corrected chi connectivity index (χ2v) is 5.28.